The van der Waals surface area contributed by atoms with Crippen molar-refractivity contribution in [2.45, 2.75) is 36.9 Å². The first-order valence-electron chi connectivity index (χ1n) is 8.10. The van der Waals surface area contributed by atoms with E-state index in [1.54, 1.807) is 6.92 Å². The standard InChI is InChI=1S/C16H18ClN3O4S3/c1-8-9(2)25-16(13(8)14(18)21)19-15(22)10-4-3-7-20(10)27(23,24)12-6-5-11(17)26-12/h5-6,10H,3-4,7H2,1-2H3,(H2,18,21)(H,19,22)/t10-/m1/s1. The maximum Gasteiger partial charge on any atom is 0.253 e. The van der Waals surface area contributed by atoms with Gasteiger partial charge in [0.05, 0.1) is 9.90 Å². The molecule has 0 saturated carbocycles. The molecule has 146 valence electrons. The van der Waals surface area contributed by atoms with Crippen molar-refractivity contribution in [1.29, 1.82) is 0 Å². The number of carbonyl (C=O) groups is 2. The highest BCUT2D eigenvalue weighted by molar-refractivity contribution is 7.91. The van der Waals surface area contributed by atoms with Gasteiger partial charge in [-0.15, -0.1) is 22.7 Å². The number of nitrogens with zero attached hydrogens (tertiary/aromatic N) is 1. The molecule has 1 fully saturated rings. The first-order chi connectivity index (χ1) is 12.6. The van der Waals surface area contributed by atoms with E-state index in [1.807, 2.05) is 6.92 Å². The zero-order chi connectivity index (χ0) is 19.9. The minimum absolute atomic E-state index is 0.104. The molecule has 0 bridgehead atoms. The van der Waals surface area contributed by atoms with Crippen LogP contribution in [0, 0.1) is 13.8 Å². The zero-order valence-electron chi connectivity index (χ0n) is 14.6. The number of carbonyl (C=O) groups excluding carboxylic acids is 2. The van der Waals surface area contributed by atoms with Gasteiger partial charge in [0.1, 0.15) is 15.3 Å². The molecule has 7 nitrogen and oxygen atoms in total. The maximum absolute atomic E-state index is 12.9. The fourth-order valence-electron chi connectivity index (χ4n) is 3.05. The normalized spacial score (nSPS) is 18.0. The molecule has 11 heteroatoms. The van der Waals surface area contributed by atoms with Crippen LogP contribution in [0.1, 0.15) is 33.6 Å². The minimum Gasteiger partial charge on any atom is -0.365 e. The number of anilines is 1. The van der Waals surface area contributed by atoms with Crippen LogP contribution in [-0.4, -0.2) is 37.1 Å². The molecule has 1 aliphatic heterocycles. The molecule has 0 unspecified atom stereocenters. The van der Waals surface area contributed by atoms with Gasteiger partial charge in [0.25, 0.3) is 15.9 Å². The predicted octanol–water partition coefficient (Wildman–Crippen LogP) is 2.97. The molecule has 0 radical (unpaired) electrons. The van der Waals surface area contributed by atoms with Gasteiger partial charge in [-0.05, 0) is 44.4 Å². The van der Waals surface area contributed by atoms with Gasteiger partial charge in [-0.25, -0.2) is 8.42 Å². The number of rotatable bonds is 5. The molecule has 3 N–H and O–H groups in total. The molecule has 1 atom stereocenters. The molecule has 2 aromatic rings. The predicted molar refractivity (Wildman–Crippen MR) is 107 cm³/mol. The quantitative estimate of drug-likeness (QED) is 0.734. The van der Waals surface area contributed by atoms with Crippen molar-refractivity contribution < 1.29 is 18.0 Å². The highest BCUT2D eigenvalue weighted by atomic mass is 35.5. The minimum atomic E-state index is -3.82. The van der Waals surface area contributed by atoms with E-state index in [1.165, 1.54) is 27.8 Å². The van der Waals surface area contributed by atoms with Gasteiger partial charge in [0, 0.05) is 11.4 Å². The molecule has 2 aromatic heterocycles. The van der Waals surface area contributed by atoms with E-state index in [4.69, 9.17) is 17.3 Å². The summed E-state index contributed by atoms with van der Waals surface area (Å²) in [6.45, 7) is 3.84. The largest absolute Gasteiger partial charge is 0.365 e. The molecule has 0 aliphatic carbocycles. The Labute approximate surface area is 170 Å². The van der Waals surface area contributed by atoms with Crippen LogP contribution in [0.25, 0.3) is 0 Å². The molecule has 3 rings (SSSR count). The maximum atomic E-state index is 12.9. The monoisotopic (exact) mass is 447 g/mol. The van der Waals surface area contributed by atoms with Crippen LogP contribution >= 0.6 is 34.3 Å². The number of hydrogen-bond donors (Lipinski definition) is 2. The topological polar surface area (TPSA) is 110 Å². The van der Waals surface area contributed by atoms with Crippen molar-refractivity contribution in [2.24, 2.45) is 5.73 Å². The zero-order valence-corrected chi connectivity index (χ0v) is 17.8. The van der Waals surface area contributed by atoms with Crippen molar-refractivity contribution >= 4 is 61.1 Å². The first kappa shape index (κ1) is 20.3. The van der Waals surface area contributed by atoms with Crippen LogP contribution in [0.2, 0.25) is 4.34 Å². The third-order valence-electron chi connectivity index (χ3n) is 4.49. The van der Waals surface area contributed by atoms with E-state index in [0.29, 0.717) is 27.7 Å². The summed E-state index contributed by atoms with van der Waals surface area (Å²) in [4.78, 5) is 25.4. The summed E-state index contributed by atoms with van der Waals surface area (Å²) in [5.41, 5.74) is 6.41. The lowest BCUT2D eigenvalue weighted by Gasteiger charge is -2.22. The van der Waals surface area contributed by atoms with Crippen molar-refractivity contribution in [3.05, 3.63) is 32.5 Å². The molecule has 1 saturated heterocycles. The fourth-order valence-corrected chi connectivity index (χ4v) is 7.39. The lowest BCUT2D eigenvalue weighted by atomic mass is 10.1. The molecule has 2 amide bonds. The van der Waals surface area contributed by atoms with Gasteiger partial charge >= 0.3 is 0 Å². The number of amides is 2. The summed E-state index contributed by atoms with van der Waals surface area (Å²) >= 11 is 8.06. The second-order valence-corrected chi connectivity index (χ2v) is 11.2. The van der Waals surface area contributed by atoms with Crippen LogP contribution in [0.4, 0.5) is 5.00 Å². The van der Waals surface area contributed by atoms with E-state index in [9.17, 15) is 18.0 Å². The number of nitrogens with one attached hydrogen (secondary N) is 1. The average Bonchev–Trinajstić information content (AvgIpc) is 3.28. The second kappa shape index (κ2) is 7.51. The summed E-state index contributed by atoms with van der Waals surface area (Å²) in [6.07, 6.45) is 0.973. The van der Waals surface area contributed by atoms with E-state index >= 15 is 0 Å². The van der Waals surface area contributed by atoms with Crippen LogP contribution in [-0.2, 0) is 14.8 Å². The van der Waals surface area contributed by atoms with Crippen molar-refractivity contribution in [1.82, 2.24) is 4.31 Å². The van der Waals surface area contributed by atoms with E-state index in [2.05, 4.69) is 5.32 Å². The van der Waals surface area contributed by atoms with Gasteiger partial charge in [-0.1, -0.05) is 11.6 Å². The number of nitrogens with two attached hydrogens (primary N) is 1. The fraction of sp³-hybridized carbons (Fsp3) is 0.375. The Morgan fingerprint density at radius 2 is 2.00 bits per heavy atom. The van der Waals surface area contributed by atoms with Gasteiger partial charge in [0.2, 0.25) is 5.91 Å². The Morgan fingerprint density at radius 1 is 1.30 bits per heavy atom. The van der Waals surface area contributed by atoms with Gasteiger partial charge in [-0.3, -0.25) is 9.59 Å². The smallest absolute Gasteiger partial charge is 0.253 e. The Bertz CT molecular complexity index is 1010. The number of primary amides is 1. The number of hydrogen-bond acceptors (Lipinski definition) is 6. The van der Waals surface area contributed by atoms with Crippen LogP contribution < -0.4 is 11.1 Å². The van der Waals surface area contributed by atoms with Crippen molar-refractivity contribution in [2.75, 3.05) is 11.9 Å². The highest BCUT2D eigenvalue weighted by Gasteiger charge is 2.40. The lowest BCUT2D eigenvalue weighted by Crippen LogP contribution is -2.43. The summed E-state index contributed by atoms with van der Waals surface area (Å²) in [5.74, 6) is -1.10. The molecule has 3 heterocycles. The number of halogens is 1. The van der Waals surface area contributed by atoms with E-state index in [0.717, 1.165) is 16.2 Å². The number of thiophene rings is 2. The van der Waals surface area contributed by atoms with Crippen LogP contribution in [0.5, 0.6) is 0 Å². The van der Waals surface area contributed by atoms with E-state index in [-0.39, 0.29) is 16.3 Å². The van der Waals surface area contributed by atoms with Crippen LogP contribution in [0.3, 0.4) is 0 Å². The Morgan fingerprint density at radius 3 is 2.59 bits per heavy atom. The molecule has 0 spiro atoms. The number of sulfonamides is 1. The van der Waals surface area contributed by atoms with E-state index < -0.39 is 27.9 Å². The Hall–Kier alpha value is -1.46. The third kappa shape index (κ3) is 3.77. The van der Waals surface area contributed by atoms with Gasteiger partial charge < -0.3 is 11.1 Å². The lowest BCUT2D eigenvalue weighted by molar-refractivity contribution is -0.119. The molecule has 1 aliphatic rings. The summed E-state index contributed by atoms with van der Waals surface area (Å²) < 4.78 is 27.4. The molecular formula is C16H18ClN3O4S3. The number of aryl methyl sites for hydroxylation is 1. The molecular weight excluding hydrogens is 430 g/mol. The van der Waals surface area contributed by atoms with Crippen LogP contribution in [0.15, 0.2) is 16.3 Å². The third-order valence-corrected chi connectivity index (χ3v) is 9.22. The summed E-state index contributed by atoms with van der Waals surface area (Å²) in [5, 5.41) is 3.06. The first-order valence-corrected chi connectivity index (χ1v) is 11.6. The molecule has 0 aromatic carbocycles. The van der Waals surface area contributed by atoms with Gasteiger partial charge in [-0.2, -0.15) is 4.31 Å². The summed E-state index contributed by atoms with van der Waals surface area (Å²) in [6, 6.07) is 2.10. The van der Waals surface area contributed by atoms with Crippen molar-refractivity contribution in [3.8, 4) is 0 Å². The average molecular weight is 448 g/mol. The van der Waals surface area contributed by atoms with Gasteiger partial charge in [0.15, 0.2) is 0 Å². The SMILES string of the molecule is Cc1sc(NC(=O)[C@H]2CCCN2S(=O)(=O)c2ccc(Cl)s2)c(C(N)=O)c1C. The Kier molecular flexibility index (Phi) is 5.64. The highest BCUT2D eigenvalue weighted by Crippen LogP contribution is 2.35. The molecule has 27 heavy (non-hydrogen) atoms. The van der Waals surface area contributed by atoms with Crippen molar-refractivity contribution in [3.63, 3.8) is 0 Å². The Balaban J connectivity index is 1.87. The second-order valence-electron chi connectivity index (χ2n) is 6.17. The summed E-state index contributed by atoms with van der Waals surface area (Å²) in [7, 11) is -3.82.